The fourth-order valence-electron chi connectivity index (χ4n) is 2.02. The Morgan fingerprint density at radius 1 is 1.11 bits per heavy atom. The molecule has 0 heterocycles. The molecule has 0 bridgehead atoms. The average molecular weight is 323 g/mol. The standard InChI is InChI=1S/C16H16BrFO/c1-11-2-4-12(5-3-11)8-15(19)10-13-9-14(17)6-7-16(13)18/h2-7,9,15,19H,8,10H2,1H3. The summed E-state index contributed by atoms with van der Waals surface area (Å²) >= 11 is 3.31. The Morgan fingerprint density at radius 2 is 1.79 bits per heavy atom. The van der Waals surface area contributed by atoms with Crippen molar-refractivity contribution in [1.29, 1.82) is 0 Å². The van der Waals surface area contributed by atoms with Gasteiger partial charge in [0.05, 0.1) is 6.10 Å². The Morgan fingerprint density at radius 3 is 2.47 bits per heavy atom. The van der Waals surface area contributed by atoms with Gasteiger partial charge in [0.25, 0.3) is 0 Å². The number of hydrogen-bond donors (Lipinski definition) is 1. The molecule has 0 radical (unpaired) electrons. The Kier molecular flexibility index (Phi) is 4.72. The van der Waals surface area contributed by atoms with Crippen LogP contribution in [-0.2, 0) is 12.8 Å². The second-order valence-corrected chi connectivity index (χ2v) is 5.70. The van der Waals surface area contributed by atoms with Gasteiger partial charge in [-0.2, -0.15) is 0 Å². The van der Waals surface area contributed by atoms with E-state index in [4.69, 9.17) is 0 Å². The maximum Gasteiger partial charge on any atom is 0.126 e. The number of aliphatic hydroxyl groups excluding tert-OH is 1. The van der Waals surface area contributed by atoms with Gasteiger partial charge in [0, 0.05) is 10.9 Å². The van der Waals surface area contributed by atoms with Gasteiger partial charge >= 0.3 is 0 Å². The Balaban J connectivity index is 2.02. The van der Waals surface area contributed by atoms with Gasteiger partial charge in [-0.1, -0.05) is 45.8 Å². The van der Waals surface area contributed by atoms with Crippen LogP contribution in [0.25, 0.3) is 0 Å². The minimum atomic E-state index is -0.577. The van der Waals surface area contributed by atoms with Gasteiger partial charge in [0.1, 0.15) is 5.82 Å². The predicted molar refractivity (Wildman–Crippen MR) is 78.7 cm³/mol. The van der Waals surface area contributed by atoms with Crippen LogP contribution in [-0.4, -0.2) is 11.2 Å². The molecule has 1 atom stereocenters. The highest BCUT2D eigenvalue weighted by Crippen LogP contribution is 2.18. The van der Waals surface area contributed by atoms with Gasteiger partial charge in [0.2, 0.25) is 0 Å². The molecule has 0 aliphatic rings. The zero-order chi connectivity index (χ0) is 13.8. The third kappa shape index (κ3) is 4.15. The summed E-state index contributed by atoms with van der Waals surface area (Å²) < 4.78 is 14.4. The van der Waals surface area contributed by atoms with Crippen LogP contribution in [0.1, 0.15) is 16.7 Å². The number of halogens is 2. The summed E-state index contributed by atoms with van der Waals surface area (Å²) in [6, 6.07) is 12.8. The van der Waals surface area contributed by atoms with Gasteiger partial charge in [-0.25, -0.2) is 4.39 Å². The molecule has 3 heteroatoms. The molecule has 0 aromatic heterocycles. The summed E-state index contributed by atoms with van der Waals surface area (Å²) in [4.78, 5) is 0. The first-order chi connectivity index (χ1) is 9.04. The van der Waals surface area contributed by atoms with Gasteiger partial charge in [-0.05, 0) is 42.7 Å². The van der Waals surface area contributed by atoms with E-state index in [0.717, 1.165) is 10.0 Å². The molecule has 0 saturated heterocycles. The molecule has 0 fully saturated rings. The van der Waals surface area contributed by atoms with Crippen LogP contribution in [0.2, 0.25) is 0 Å². The van der Waals surface area contributed by atoms with E-state index in [1.165, 1.54) is 11.6 Å². The van der Waals surface area contributed by atoms with Gasteiger partial charge in [-0.15, -0.1) is 0 Å². The molecule has 2 rings (SSSR count). The number of aliphatic hydroxyl groups is 1. The molecule has 0 aliphatic heterocycles. The lowest BCUT2D eigenvalue weighted by molar-refractivity contribution is 0.174. The van der Waals surface area contributed by atoms with Crippen molar-refractivity contribution in [3.8, 4) is 0 Å². The van der Waals surface area contributed by atoms with Crippen molar-refractivity contribution in [2.75, 3.05) is 0 Å². The molecular formula is C16H16BrFO. The first-order valence-corrected chi connectivity index (χ1v) is 7.01. The Labute approximate surface area is 121 Å². The third-order valence-electron chi connectivity index (χ3n) is 3.06. The highest BCUT2D eigenvalue weighted by molar-refractivity contribution is 9.10. The third-order valence-corrected chi connectivity index (χ3v) is 3.55. The van der Waals surface area contributed by atoms with Gasteiger partial charge in [-0.3, -0.25) is 0 Å². The molecule has 0 saturated carbocycles. The van der Waals surface area contributed by atoms with Gasteiger partial charge < -0.3 is 5.11 Å². The van der Waals surface area contributed by atoms with E-state index >= 15 is 0 Å². The van der Waals surface area contributed by atoms with E-state index in [1.807, 2.05) is 31.2 Å². The normalized spacial score (nSPS) is 12.4. The largest absolute Gasteiger partial charge is 0.392 e. The monoisotopic (exact) mass is 322 g/mol. The second kappa shape index (κ2) is 6.31. The van der Waals surface area contributed by atoms with E-state index in [1.54, 1.807) is 12.1 Å². The van der Waals surface area contributed by atoms with Crippen LogP contribution in [0, 0.1) is 12.7 Å². The first-order valence-electron chi connectivity index (χ1n) is 6.22. The molecule has 1 unspecified atom stereocenters. The molecular weight excluding hydrogens is 307 g/mol. The lowest BCUT2D eigenvalue weighted by Crippen LogP contribution is -2.14. The van der Waals surface area contributed by atoms with E-state index in [-0.39, 0.29) is 5.82 Å². The quantitative estimate of drug-likeness (QED) is 0.900. The lowest BCUT2D eigenvalue weighted by Gasteiger charge is -2.12. The molecule has 19 heavy (non-hydrogen) atoms. The molecule has 0 amide bonds. The second-order valence-electron chi connectivity index (χ2n) is 4.78. The van der Waals surface area contributed by atoms with Crippen LogP contribution in [0.4, 0.5) is 4.39 Å². The van der Waals surface area contributed by atoms with Crippen molar-refractivity contribution >= 4 is 15.9 Å². The summed E-state index contributed by atoms with van der Waals surface area (Å²) in [5.41, 5.74) is 2.79. The van der Waals surface area contributed by atoms with Crippen molar-refractivity contribution in [3.05, 3.63) is 69.4 Å². The van der Waals surface area contributed by atoms with Gasteiger partial charge in [0.15, 0.2) is 0 Å². The Hall–Kier alpha value is -1.19. The topological polar surface area (TPSA) is 20.2 Å². The van der Waals surface area contributed by atoms with E-state index in [2.05, 4.69) is 15.9 Å². The molecule has 0 spiro atoms. The molecule has 1 N–H and O–H groups in total. The van der Waals surface area contributed by atoms with Crippen molar-refractivity contribution in [2.45, 2.75) is 25.9 Å². The molecule has 100 valence electrons. The molecule has 2 aromatic carbocycles. The minimum Gasteiger partial charge on any atom is -0.392 e. The van der Waals surface area contributed by atoms with Crippen molar-refractivity contribution in [1.82, 2.24) is 0 Å². The average Bonchev–Trinajstić information content (AvgIpc) is 2.37. The minimum absolute atomic E-state index is 0.272. The number of hydrogen-bond acceptors (Lipinski definition) is 1. The Bertz CT molecular complexity index is 551. The van der Waals surface area contributed by atoms with Crippen LogP contribution < -0.4 is 0 Å². The van der Waals surface area contributed by atoms with E-state index in [0.29, 0.717) is 18.4 Å². The maximum atomic E-state index is 13.6. The van der Waals surface area contributed by atoms with Crippen LogP contribution in [0.3, 0.4) is 0 Å². The number of benzene rings is 2. The molecule has 2 aromatic rings. The predicted octanol–water partition coefficient (Wildman–Crippen LogP) is 4.04. The van der Waals surface area contributed by atoms with Crippen molar-refractivity contribution < 1.29 is 9.50 Å². The lowest BCUT2D eigenvalue weighted by atomic mass is 10.0. The van der Waals surface area contributed by atoms with Crippen LogP contribution >= 0.6 is 15.9 Å². The van der Waals surface area contributed by atoms with Crippen LogP contribution in [0.15, 0.2) is 46.9 Å². The first kappa shape index (κ1) is 14.2. The van der Waals surface area contributed by atoms with E-state index in [9.17, 15) is 9.50 Å². The zero-order valence-electron chi connectivity index (χ0n) is 10.7. The summed E-state index contributed by atoms with van der Waals surface area (Å²) in [6.45, 7) is 2.02. The fraction of sp³-hybridized carbons (Fsp3) is 0.250. The SMILES string of the molecule is Cc1ccc(CC(O)Cc2cc(Br)ccc2F)cc1. The van der Waals surface area contributed by atoms with E-state index < -0.39 is 6.10 Å². The molecule has 1 nitrogen and oxygen atoms in total. The fourth-order valence-corrected chi connectivity index (χ4v) is 2.43. The van der Waals surface area contributed by atoms with Crippen molar-refractivity contribution in [3.63, 3.8) is 0 Å². The highest BCUT2D eigenvalue weighted by Gasteiger charge is 2.10. The van der Waals surface area contributed by atoms with Crippen molar-refractivity contribution in [2.24, 2.45) is 0 Å². The number of aryl methyl sites for hydroxylation is 1. The smallest absolute Gasteiger partial charge is 0.126 e. The zero-order valence-corrected chi connectivity index (χ0v) is 12.3. The van der Waals surface area contributed by atoms with Crippen LogP contribution in [0.5, 0.6) is 0 Å². The summed E-state index contributed by atoms with van der Waals surface area (Å²) in [5.74, 6) is -0.272. The summed E-state index contributed by atoms with van der Waals surface area (Å²) in [5, 5.41) is 10.1. The number of rotatable bonds is 4. The highest BCUT2D eigenvalue weighted by atomic mass is 79.9. The summed E-state index contributed by atoms with van der Waals surface area (Å²) in [6.07, 6.45) is 0.275. The summed E-state index contributed by atoms with van der Waals surface area (Å²) in [7, 11) is 0. The molecule has 0 aliphatic carbocycles. The maximum absolute atomic E-state index is 13.6.